The second-order valence-corrected chi connectivity index (χ2v) is 7.18. The van der Waals surface area contributed by atoms with Crippen molar-refractivity contribution in [1.82, 2.24) is 15.5 Å². The topological polar surface area (TPSA) is 48.9 Å². The molecular weight excluding hydrogens is 284 g/mol. The van der Waals surface area contributed by atoms with Gasteiger partial charge in [-0.25, -0.2) is 0 Å². The fraction of sp³-hybridized carbons (Fsp3) is 0.933. The predicted octanol–water partition coefficient (Wildman–Crippen LogP) is 1.02. The van der Waals surface area contributed by atoms with Crippen molar-refractivity contribution < 1.29 is 4.74 Å². The number of thioether (sulfide) groups is 1. The molecule has 2 rings (SSSR count). The predicted molar refractivity (Wildman–Crippen MR) is 91.3 cm³/mol. The van der Waals surface area contributed by atoms with Gasteiger partial charge < -0.3 is 15.4 Å². The van der Waals surface area contributed by atoms with Crippen molar-refractivity contribution in [3.8, 4) is 0 Å². The zero-order valence-corrected chi connectivity index (χ0v) is 14.3. The van der Waals surface area contributed by atoms with E-state index >= 15 is 0 Å². The monoisotopic (exact) mass is 314 g/mol. The Bertz CT molecular complexity index is 315. The summed E-state index contributed by atoms with van der Waals surface area (Å²) < 4.78 is 5.39. The molecule has 0 amide bonds. The van der Waals surface area contributed by atoms with E-state index in [0.29, 0.717) is 12.0 Å². The molecule has 0 aromatic carbocycles. The number of ether oxygens (including phenoxy) is 1. The molecular formula is C15H30N4OS. The van der Waals surface area contributed by atoms with E-state index in [1.165, 1.54) is 24.3 Å². The molecule has 2 heterocycles. The van der Waals surface area contributed by atoms with Gasteiger partial charge in [-0.2, -0.15) is 11.8 Å². The van der Waals surface area contributed by atoms with Crippen LogP contribution in [0.2, 0.25) is 0 Å². The second kappa shape index (κ2) is 9.54. The van der Waals surface area contributed by atoms with Crippen molar-refractivity contribution >= 4 is 17.7 Å². The van der Waals surface area contributed by atoms with Gasteiger partial charge in [0.15, 0.2) is 5.96 Å². The van der Waals surface area contributed by atoms with Crippen LogP contribution in [0.25, 0.3) is 0 Å². The van der Waals surface area contributed by atoms with Crippen LogP contribution in [-0.2, 0) is 4.74 Å². The minimum Gasteiger partial charge on any atom is -0.379 e. The molecule has 2 aliphatic rings. The zero-order valence-electron chi connectivity index (χ0n) is 13.4. The van der Waals surface area contributed by atoms with Crippen molar-refractivity contribution in [2.24, 2.45) is 10.9 Å². The van der Waals surface area contributed by atoms with Crippen molar-refractivity contribution in [3.05, 3.63) is 0 Å². The first-order valence-electron chi connectivity index (χ1n) is 8.13. The van der Waals surface area contributed by atoms with Gasteiger partial charge in [-0.05, 0) is 24.5 Å². The molecule has 0 aromatic rings. The van der Waals surface area contributed by atoms with E-state index in [0.717, 1.165) is 45.4 Å². The Labute approximate surface area is 133 Å². The fourth-order valence-corrected chi connectivity index (χ4v) is 3.87. The van der Waals surface area contributed by atoms with Crippen LogP contribution in [0, 0.1) is 5.92 Å². The standard InChI is InChI=1S/C15H30N4OS/c1-13(11-19-5-7-20-8-6-19)10-17-15(16-2)18-14-4-3-9-21-12-14/h13-14H,3-12H2,1-2H3,(H2,16,17,18). The van der Waals surface area contributed by atoms with Gasteiger partial charge in [0.25, 0.3) is 0 Å². The molecule has 2 fully saturated rings. The maximum absolute atomic E-state index is 5.39. The molecule has 2 aliphatic heterocycles. The Balaban J connectivity index is 1.64. The van der Waals surface area contributed by atoms with Gasteiger partial charge in [0, 0.05) is 45.0 Å². The molecule has 21 heavy (non-hydrogen) atoms. The summed E-state index contributed by atoms with van der Waals surface area (Å²) in [6.07, 6.45) is 2.57. The summed E-state index contributed by atoms with van der Waals surface area (Å²) in [4.78, 5) is 6.84. The van der Waals surface area contributed by atoms with Crippen LogP contribution < -0.4 is 10.6 Å². The Kier molecular flexibility index (Phi) is 7.68. The summed E-state index contributed by atoms with van der Waals surface area (Å²) in [5, 5.41) is 7.03. The van der Waals surface area contributed by atoms with Crippen LogP contribution in [0.15, 0.2) is 4.99 Å². The maximum atomic E-state index is 5.39. The molecule has 2 atom stereocenters. The van der Waals surface area contributed by atoms with Gasteiger partial charge in [0.05, 0.1) is 13.2 Å². The minimum atomic E-state index is 0.574. The molecule has 122 valence electrons. The molecule has 5 nitrogen and oxygen atoms in total. The van der Waals surface area contributed by atoms with Gasteiger partial charge in [0.1, 0.15) is 0 Å². The number of guanidine groups is 1. The Hall–Kier alpha value is -0.460. The summed E-state index contributed by atoms with van der Waals surface area (Å²) in [6, 6.07) is 0.574. The first kappa shape index (κ1) is 16.9. The van der Waals surface area contributed by atoms with Crippen LogP contribution in [-0.4, -0.2) is 74.8 Å². The number of aliphatic imine (C=N–C) groups is 1. The number of morpholine rings is 1. The summed E-state index contributed by atoms with van der Waals surface area (Å²) in [5.74, 6) is 4.07. The molecule has 0 saturated carbocycles. The lowest BCUT2D eigenvalue weighted by Gasteiger charge is -2.30. The van der Waals surface area contributed by atoms with Crippen molar-refractivity contribution in [1.29, 1.82) is 0 Å². The van der Waals surface area contributed by atoms with Crippen LogP contribution >= 0.6 is 11.8 Å². The van der Waals surface area contributed by atoms with Crippen molar-refractivity contribution in [3.63, 3.8) is 0 Å². The molecule has 0 spiro atoms. The second-order valence-electron chi connectivity index (χ2n) is 6.03. The molecule has 0 bridgehead atoms. The zero-order chi connectivity index (χ0) is 14.9. The molecule has 0 radical (unpaired) electrons. The molecule has 0 aliphatic carbocycles. The van der Waals surface area contributed by atoms with Crippen LogP contribution in [0.1, 0.15) is 19.8 Å². The highest BCUT2D eigenvalue weighted by molar-refractivity contribution is 7.99. The van der Waals surface area contributed by atoms with Crippen LogP contribution in [0.3, 0.4) is 0 Å². The van der Waals surface area contributed by atoms with Crippen molar-refractivity contribution in [2.45, 2.75) is 25.8 Å². The first-order chi connectivity index (χ1) is 10.3. The lowest BCUT2D eigenvalue weighted by molar-refractivity contribution is 0.0320. The van der Waals surface area contributed by atoms with Crippen LogP contribution in [0.5, 0.6) is 0 Å². The Morgan fingerprint density at radius 1 is 1.43 bits per heavy atom. The SMILES string of the molecule is CN=C(NCC(C)CN1CCOCC1)NC1CCCSC1. The van der Waals surface area contributed by atoms with E-state index in [1.807, 2.05) is 18.8 Å². The van der Waals surface area contributed by atoms with Gasteiger partial charge >= 0.3 is 0 Å². The van der Waals surface area contributed by atoms with Gasteiger partial charge in [0.2, 0.25) is 0 Å². The normalized spacial score (nSPS) is 26.4. The Morgan fingerprint density at radius 3 is 2.90 bits per heavy atom. The van der Waals surface area contributed by atoms with E-state index in [2.05, 4.69) is 27.4 Å². The third-order valence-electron chi connectivity index (χ3n) is 4.02. The molecule has 2 saturated heterocycles. The number of nitrogens with zero attached hydrogens (tertiary/aromatic N) is 2. The lowest BCUT2D eigenvalue weighted by atomic mass is 10.1. The highest BCUT2D eigenvalue weighted by Crippen LogP contribution is 2.16. The Morgan fingerprint density at radius 2 is 2.24 bits per heavy atom. The van der Waals surface area contributed by atoms with E-state index in [4.69, 9.17) is 4.74 Å². The lowest BCUT2D eigenvalue weighted by Crippen LogP contribution is -2.47. The number of rotatable bonds is 5. The van der Waals surface area contributed by atoms with E-state index in [1.54, 1.807) is 0 Å². The number of hydrogen-bond donors (Lipinski definition) is 2. The highest BCUT2D eigenvalue weighted by atomic mass is 32.2. The highest BCUT2D eigenvalue weighted by Gasteiger charge is 2.16. The average Bonchev–Trinajstić information content (AvgIpc) is 2.53. The average molecular weight is 314 g/mol. The summed E-state index contributed by atoms with van der Waals surface area (Å²) in [7, 11) is 1.86. The summed E-state index contributed by atoms with van der Waals surface area (Å²) in [5.41, 5.74) is 0. The maximum Gasteiger partial charge on any atom is 0.191 e. The molecule has 0 aromatic heterocycles. The summed E-state index contributed by atoms with van der Waals surface area (Å²) in [6.45, 7) is 8.29. The minimum absolute atomic E-state index is 0.574. The fourth-order valence-electron chi connectivity index (χ4n) is 2.80. The molecule has 6 heteroatoms. The number of hydrogen-bond acceptors (Lipinski definition) is 4. The smallest absolute Gasteiger partial charge is 0.191 e. The van der Waals surface area contributed by atoms with Gasteiger partial charge in [-0.1, -0.05) is 6.92 Å². The van der Waals surface area contributed by atoms with Crippen molar-refractivity contribution in [2.75, 3.05) is 57.9 Å². The van der Waals surface area contributed by atoms with E-state index in [-0.39, 0.29) is 0 Å². The largest absolute Gasteiger partial charge is 0.379 e. The number of nitrogens with one attached hydrogen (secondary N) is 2. The first-order valence-corrected chi connectivity index (χ1v) is 9.28. The molecule has 2 N–H and O–H groups in total. The van der Waals surface area contributed by atoms with Gasteiger partial charge in [-0.15, -0.1) is 0 Å². The summed E-state index contributed by atoms with van der Waals surface area (Å²) >= 11 is 2.04. The third kappa shape index (κ3) is 6.45. The van der Waals surface area contributed by atoms with Crippen LogP contribution in [0.4, 0.5) is 0 Å². The third-order valence-corrected chi connectivity index (χ3v) is 5.23. The van der Waals surface area contributed by atoms with E-state index in [9.17, 15) is 0 Å². The van der Waals surface area contributed by atoms with Gasteiger partial charge in [-0.3, -0.25) is 9.89 Å². The van der Waals surface area contributed by atoms with E-state index < -0.39 is 0 Å². The molecule has 2 unspecified atom stereocenters. The quantitative estimate of drug-likeness (QED) is 0.586.